The van der Waals surface area contributed by atoms with Gasteiger partial charge in [-0.05, 0) is 96.5 Å². The highest BCUT2D eigenvalue weighted by Crippen LogP contribution is 2.33. The molecule has 0 fully saturated rings. The number of hydrogen-bond acceptors (Lipinski definition) is 5. The minimum absolute atomic E-state index is 0.712. The highest BCUT2D eigenvalue weighted by Gasteiger charge is 2.10. The molecule has 0 atom stereocenters. The maximum atomic E-state index is 6.30. The summed E-state index contributed by atoms with van der Waals surface area (Å²) >= 11 is 0. The predicted molar refractivity (Wildman–Crippen MR) is 147 cm³/mol. The van der Waals surface area contributed by atoms with Gasteiger partial charge in [-0.2, -0.15) is 0 Å². The van der Waals surface area contributed by atoms with Gasteiger partial charge in [0.05, 0.1) is 28.4 Å². The molecule has 0 heterocycles. The van der Waals surface area contributed by atoms with Crippen LogP contribution < -0.4 is 23.7 Å². The fourth-order valence-corrected chi connectivity index (χ4v) is 4.25. The van der Waals surface area contributed by atoms with Crippen molar-refractivity contribution in [1.29, 1.82) is 0 Å². The Kier molecular flexibility index (Phi) is 8.93. The van der Waals surface area contributed by atoms with E-state index in [-0.39, 0.29) is 0 Å². The minimum atomic E-state index is 0.712. The number of benzene rings is 4. The van der Waals surface area contributed by atoms with E-state index in [0.717, 1.165) is 48.7 Å². The van der Waals surface area contributed by atoms with Crippen molar-refractivity contribution in [1.82, 2.24) is 0 Å². The maximum Gasteiger partial charge on any atom is 0.169 e. The fourth-order valence-electron chi connectivity index (χ4n) is 4.25. The third-order valence-corrected chi connectivity index (χ3v) is 6.37. The highest BCUT2D eigenvalue weighted by atomic mass is 16.5. The molecular weight excluding hydrogens is 464 g/mol. The third kappa shape index (κ3) is 6.98. The van der Waals surface area contributed by atoms with Gasteiger partial charge in [0.25, 0.3) is 0 Å². The van der Waals surface area contributed by atoms with Crippen LogP contribution >= 0.6 is 0 Å². The van der Waals surface area contributed by atoms with E-state index in [2.05, 4.69) is 42.5 Å². The second-order valence-corrected chi connectivity index (χ2v) is 8.77. The summed E-state index contributed by atoms with van der Waals surface area (Å²) in [5.41, 5.74) is 4.84. The molecule has 0 radical (unpaired) electrons. The molecule has 192 valence electrons. The standard InChI is InChI=1S/C32H34O5/c1-33-27-16-12-23(13-17-27)8-9-26-15-19-30(35-3)32(22-26)37-28-7-5-6-24(20-28)10-11-25-14-18-29(34-2)31(21-25)36-4/h5-7,12-22H,8-11H2,1-4H3. The van der Waals surface area contributed by atoms with Gasteiger partial charge in [0.2, 0.25) is 0 Å². The Morgan fingerprint density at radius 2 is 0.919 bits per heavy atom. The average molecular weight is 499 g/mol. The zero-order chi connectivity index (χ0) is 26.0. The average Bonchev–Trinajstić information content (AvgIpc) is 2.95. The lowest BCUT2D eigenvalue weighted by atomic mass is 10.0. The summed E-state index contributed by atoms with van der Waals surface area (Å²) in [5, 5.41) is 0. The van der Waals surface area contributed by atoms with Gasteiger partial charge in [0.15, 0.2) is 23.0 Å². The predicted octanol–water partition coefficient (Wildman–Crippen LogP) is 7.08. The minimum Gasteiger partial charge on any atom is -0.497 e. The molecule has 0 aromatic heterocycles. The molecule has 0 spiro atoms. The van der Waals surface area contributed by atoms with Crippen LogP contribution in [0.2, 0.25) is 0 Å². The van der Waals surface area contributed by atoms with Crippen molar-refractivity contribution in [3.63, 3.8) is 0 Å². The molecule has 0 bridgehead atoms. The molecular formula is C32H34O5. The van der Waals surface area contributed by atoms with Crippen molar-refractivity contribution in [2.45, 2.75) is 25.7 Å². The van der Waals surface area contributed by atoms with Crippen molar-refractivity contribution < 1.29 is 23.7 Å². The number of hydrogen-bond donors (Lipinski definition) is 0. The largest absolute Gasteiger partial charge is 0.497 e. The summed E-state index contributed by atoms with van der Waals surface area (Å²) in [4.78, 5) is 0. The summed E-state index contributed by atoms with van der Waals surface area (Å²) in [6.45, 7) is 0. The van der Waals surface area contributed by atoms with Crippen molar-refractivity contribution in [3.8, 4) is 34.5 Å². The van der Waals surface area contributed by atoms with E-state index in [1.54, 1.807) is 28.4 Å². The molecule has 4 rings (SSSR count). The number of aryl methyl sites for hydroxylation is 4. The van der Waals surface area contributed by atoms with Crippen LogP contribution in [0, 0.1) is 0 Å². The second-order valence-electron chi connectivity index (χ2n) is 8.77. The lowest BCUT2D eigenvalue weighted by Gasteiger charge is -2.13. The normalized spacial score (nSPS) is 10.6. The van der Waals surface area contributed by atoms with Gasteiger partial charge in [-0.25, -0.2) is 0 Å². The Bertz CT molecular complexity index is 1300. The summed E-state index contributed by atoms with van der Waals surface area (Å²) in [5.74, 6) is 4.57. The Morgan fingerprint density at radius 3 is 1.51 bits per heavy atom. The van der Waals surface area contributed by atoms with Crippen LogP contribution in [0.5, 0.6) is 34.5 Å². The molecule has 5 heteroatoms. The zero-order valence-corrected chi connectivity index (χ0v) is 22.0. The van der Waals surface area contributed by atoms with Gasteiger partial charge < -0.3 is 23.7 Å². The second kappa shape index (κ2) is 12.7. The molecule has 0 amide bonds. The van der Waals surface area contributed by atoms with Gasteiger partial charge >= 0.3 is 0 Å². The van der Waals surface area contributed by atoms with E-state index >= 15 is 0 Å². The summed E-state index contributed by atoms with van der Waals surface area (Å²) < 4.78 is 27.9. The van der Waals surface area contributed by atoms with Gasteiger partial charge in [-0.3, -0.25) is 0 Å². The van der Waals surface area contributed by atoms with Crippen LogP contribution in [-0.4, -0.2) is 28.4 Å². The Hall–Kier alpha value is -4.12. The molecule has 0 aliphatic carbocycles. The SMILES string of the molecule is COc1ccc(CCc2ccc(OC)c(Oc3cccc(CCc4ccc(OC)c(OC)c4)c3)c2)cc1. The van der Waals surface area contributed by atoms with Gasteiger partial charge in [-0.15, -0.1) is 0 Å². The molecule has 0 aliphatic heterocycles. The summed E-state index contributed by atoms with van der Waals surface area (Å²) in [6.07, 6.45) is 3.60. The summed E-state index contributed by atoms with van der Waals surface area (Å²) in [6, 6.07) is 28.6. The van der Waals surface area contributed by atoms with E-state index in [9.17, 15) is 0 Å². The monoisotopic (exact) mass is 498 g/mol. The van der Waals surface area contributed by atoms with Crippen molar-refractivity contribution >= 4 is 0 Å². The first kappa shape index (κ1) is 26.0. The Balaban J connectivity index is 1.42. The van der Waals surface area contributed by atoms with Crippen molar-refractivity contribution in [2.24, 2.45) is 0 Å². The molecule has 5 nitrogen and oxygen atoms in total. The molecule has 4 aromatic carbocycles. The van der Waals surface area contributed by atoms with Gasteiger partial charge in [-0.1, -0.05) is 36.4 Å². The number of methoxy groups -OCH3 is 4. The van der Waals surface area contributed by atoms with Crippen LogP contribution in [0.15, 0.2) is 84.9 Å². The molecule has 0 saturated carbocycles. The zero-order valence-electron chi connectivity index (χ0n) is 22.0. The molecule has 0 aliphatic rings. The topological polar surface area (TPSA) is 46.2 Å². The van der Waals surface area contributed by atoms with Crippen LogP contribution in [-0.2, 0) is 25.7 Å². The first-order valence-corrected chi connectivity index (χ1v) is 12.4. The van der Waals surface area contributed by atoms with E-state index < -0.39 is 0 Å². The maximum absolute atomic E-state index is 6.30. The van der Waals surface area contributed by atoms with Crippen LogP contribution in [0.1, 0.15) is 22.3 Å². The third-order valence-electron chi connectivity index (χ3n) is 6.37. The first-order chi connectivity index (χ1) is 18.1. The van der Waals surface area contributed by atoms with Crippen molar-refractivity contribution in [3.05, 3.63) is 107 Å². The molecule has 0 saturated heterocycles. The van der Waals surface area contributed by atoms with E-state index in [4.69, 9.17) is 23.7 Å². The fraction of sp³-hybridized carbons (Fsp3) is 0.250. The van der Waals surface area contributed by atoms with Crippen molar-refractivity contribution in [2.75, 3.05) is 28.4 Å². The van der Waals surface area contributed by atoms with E-state index in [1.807, 2.05) is 42.5 Å². The quantitative estimate of drug-likeness (QED) is 0.209. The van der Waals surface area contributed by atoms with Crippen LogP contribution in [0.4, 0.5) is 0 Å². The number of ether oxygens (including phenoxy) is 5. The molecule has 0 unspecified atom stereocenters. The number of rotatable bonds is 12. The summed E-state index contributed by atoms with van der Waals surface area (Å²) in [7, 11) is 6.65. The van der Waals surface area contributed by atoms with Gasteiger partial charge in [0, 0.05) is 0 Å². The van der Waals surface area contributed by atoms with Crippen LogP contribution in [0.3, 0.4) is 0 Å². The van der Waals surface area contributed by atoms with E-state index in [0.29, 0.717) is 11.5 Å². The Morgan fingerprint density at radius 1 is 0.405 bits per heavy atom. The molecule has 4 aromatic rings. The molecule has 0 N–H and O–H groups in total. The Labute approximate surface area is 219 Å². The molecule has 37 heavy (non-hydrogen) atoms. The smallest absolute Gasteiger partial charge is 0.169 e. The van der Waals surface area contributed by atoms with Gasteiger partial charge in [0.1, 0.15) is 11.5 Å². The lowest BCUT2D eigenvalue weighted by molar-refractivity contribution is 0.354. The van der Waals surface area contributed by atoms with Crippen LogP contribution in [0.25, 0.3) is 0 Å². The first-order valence-electron chi connectivity index (χ1n) is 12.4. The lowest BCUT2D eigenvalue weighted by Crippen LogP contribution is -1.97. The van der Waals surface area contributed by atoms with E-state index in [1.165, 1.54) is 22.3 Å². The highest BCUT2D eigenvalue weighted by molar-refractivity contribution is 5.47.